The molecule has 2 aromatic heterocycles. The number of aromatic nitrogens is 2. The van der Waals surface area contributed by atoms with Crippen molar-refractivity contribution >= 4 is 22.5 Å². The van der Waals surface area contributed by atoms with Crippen LogP contribution in [0.4, 0.5) is 0 Å². The minimum atomic E-state index is 0.759. The first-order valence-electron chi connectivity index (χ1n) is 8.20. The zero-order valence-electron chi connectivity index (χ0n) is 13.7. The van der Waals surface area contributed by atoms with Crippen LogP contribution in [0.25, 0.3) is 22.2 Å². The van der Waals surface area contributed by atoms with Crippen LogP contribution in [-0.2, 0) is 18.3 Å². The van der Waals surface area contributed by atoms with E-state index in [-0.39, 0.29) is 0 Å². The van der Waals surface area contributed by atoms with Gasteiger partial charge in [-0.3, -0.25) is 9.88 Å². The van der Waals surface area contributed by atoms with Crippen molar-refractivity contribution in [3.05, 3.63) is 53.3 Å². The molecular formula is C19H20ClN3O. The maximum Gasteiger partial charge on any atom is 0.0594 e. The molecule has 0 atom stereocenters. The number of hydrogen-bond donors (Lipinski definition) is 0. The molecule has 4 nitrogen and oxygen atoms in total. The molecule has 3 heterocycles. The number of rotatable bonds is 3. The van der Waals surface area contributed by atoms with Crippen LogP contribution in [0.2, 0.25) is 5.02 Å². The molecule has 4 rings (SSSR count). The molecule has 0 bridgehead atoms. The molecule has 1 aliphatic heterocycles. The second-order valence-electron chi connectivity index (χ2n) is 6.26. The van der Waals surface area contributed by atoms with Crippen LogP contribution >= 0.6 is 11.6 Å². The Hall–Kier alpha value is -1.88. The highest BCUT2D eigenvalue weighted by Gasteiger charge is 2.13. The molecule has 1 aliphatic rings. The zero-order valence-corrected chi connectivity index (χ0v) is 14.5. The molecule has 0 amide bonds. The van der Waals surface area contributed by atoms with E-state index in [0.717, 1.165) is 54.6 Å². The van der Waals surface area contributed by atoms with Gasteiger partial charge in [0.25, 0.3) is 0 Å². The van der Waals surface area contributed by atoms with Gasteiger partial charge in [-0.2, -0.15) is 0 Å². The summed E-state index contributed by atoms with van der Waals surface area (Å²) in [6, 6.07) is 10.4. The predicted molar refractivity (Wildman–Crippen MR) is 97.3 cm³/mol. The number of nitrogens with zero attached hydrogens (tertiary/aromatic N) is 3. The van der Waals surface area contributed by atoms with Crippen molar-refractivity contribution in [2.45, 2.75) is 6.54 Å². The van der Waals surface area contributed by atoms with Crippen LogP contribution in [0.1, 0.15) is 5.56 Å². The normalized spacial score (nSPS) is 15.9. The molecule has 0 saturated carbocycles. The van der Waals surface area contributed by atoms with E-state index < -0.39 is 0 Å². The van der Waals surface area contributed by atoms with E-state index in [2.05, 4.69) is 39.7 Å². The van der Waals surface area contributed by atoms with Crippen molar-refractivity contribution in [1.29, 1.82) is 0 Å². The number of fused-ring (bicyclic) bond motifs is 1. The van der Waals surface area contributed by atoms with Crippen molar-refractivity contribution in [3.63, 3.8) is 0 Å². The lowest BCUT2D eigenvalue weighted by Crippen LogP contribution is -2.35. The van der Waals surface area contributed by atoms with Gasteiger partial charge in [-0.25, -0.2) is 0 Å². The van der Waals surface area contributed by atoms with Crippen LogP contribution in [0, 0.1) is 0 Å². The summed E-state index contributed by atoms with van der Waals surface area (Å²) in [7, 11) is 2.07. The van der Waals surface area contributed by atoms with Crippen molar-refractivity contribution in [2.24, 2.45) is 7.05 Å². The fourth-order valence-electron chi connectivity index (χ4n) is 3.31. The first-order valence-corrected chi connectivity index (χ1v) is 8.58. The van der Waals surface area contributed by atoms with Crippen LogP contribution < -0.4 is 0 Å². The van der Waals surface area contributed by atoms with Gasteiger partial charge in [0.05, 0.1) is 18.9 Å². The Kier molecular flexibility index (Phi) is 4.27. The average molecular weight is 342 g/mol. The second-order valence-corrected chi connectivity index (χ2v) is 6.70. The minimum absolute atomic E-state index is 0.759. The first kappa shape index (κ1) is 15.6. The quantitative estimate of drug-likeness (QED) is 0.727. The van der Waals surface area contributed by atoms with Gasteiger partial charge in [-0.15, -0.1) is 0 Å². The van der Waals surface area contributed by atoms with Gasteiger partial charge in [0, 0.05) is 60.6 Å². The first-order chi connectivity index (χ1) is 11.7. The van der Waals surface area contributed by atoms with E-state index in [1.807, 2.05) is 24.5 Å². The highest BCUT2D eigenvalue weighted by molar-refractivity contribution is 6.31. The molecular weight excluding hydrogens is 322 g/mol. The summed E-state index contributed by atoms with van der Waals surface area (Å²) in [5, 5.41) is 1.95. The van der Waals surface area contributed by atoms with Crippen LogP contribution in [0.15, 0.2) is 42.7 Å². The van der Waals surface area contributed by atoms with Crippen LogP contribution in [0.3, 0.4) is 0 Å². The van der Waals surface area contributed by atoms with E-state index in [1.165, 1.54) is 10.9 Å². The summed E-state index contributed by atoms with van der Waals surface area (Å²) in [5.41, 5.74) is 4.66. The number of morpholine rings is 1. The van der Waals surface area contributed by atoms with E-state index in [0.29, 0.717) is 0 Å². The maximum atomic E-state index is 6.14. The second kappa shape index (κ2) is 6.55. The average Bonchev–Trinajstić information content (AvgIpc) is 2.93. The van der Waals surface area contributed by atoms with Gasteiger partial charge in [0.1, 0.15) is 0 Å². The Morgan fingerprint density at radius 2 is 1.96 bits per heavy atom. The number of aryl methyl sites for hydroxylation is 1. The topological polar surface area (TPSA) is 30.3 Å². The van der Waals surface area contributed by atoms with E-state index in [4.69, 9.17) is 16.3 Å². The standard InChI is InChI=1S/C19H20ClN3O/c1-22-18(9-15-2-3-17(20)10-19(15)22)16-8-14(11-21-12-16)13-23-4-6-24-7-5-23/h2-3,8-12H,4-7,13H2,1H3. The fourth-order valence-corrected chi connectivity index (χ4v) is 3.48. The third-order valence-corrected chi connectivity index (χ3v) is 4.84. The monoisotopic (exact) mass is 341 g/mol. The summed E-state index contributed by atoms with van der Waals surface area (Å²) in [6.45, 7) is 4.52. The van der Waals surface area contributed by atoms with E-state index in [9.17, 15) is 0 Å². The summed E-state index contributed by atoms with van der Waals surface area (Å²) in [4.78, 5) is 6.87. The van der Waals surface area contributed by atoms with Crippen molar-refractivity contribution < 1.29 is 4.74 Å². The molecule has 0 unspecified atom stereocenters. The molecule has 124 valence electrons. The number of benzene rings is 1. The van der Waals surface area contributed by atoms with Gasteiger partial charge in [-0.1, -0.05) is 17.7 Å². The van der Waals surface area contributed by atoms with Gasteiger partial charge in [-0.05, 0) is 29.8 Å². The number of halogens is 1. The molecule has 1 fully saturated rings. The Balaban J connectivity index is 1.66. The van der Waals surface area contributed by atoms with Gasteiger partial charge < -0.3 is 9.30 Å². The van der Waals surface area contributed by atoms with Crippen LogP contribution in [-0.4, -0.2) is 40.8 Å². The summed E-state index contributed by atoms with van der Waals surface area (Å²) >= 11 is 6.14. The molecule has 5 heteroatoms. The highest BCUT2D eigenvalue weighted by Crippen LogP contribution is 2.29. The van der Waals surface area contributed by atoms with Gasteiger partial charge >= 0.3 is 0 Å². The van der Waals surface area contributed by atoms with Gasteiger partial charge in [0.15, 0.2) is 0 Å². The van der Waals surface area contributed by atoms with Crippen molar-refractivity contribution in [1.82, 2.24) is 14.5 Å². The lowest BCUT2D eigenvalue weighted by Gasteiger charge is -2.26. The minimum Gasteiger partial charge on any atom is -0.379 e. The maximum absolute atomic E-state index is 6.14. The molecule has 1 aromatic carbocycles. The molecule has 0 N–H and O–H groups in total. The number of hydrogen-bond acceptors (Lipinski definition) is 3. The van der Waals surface area contributed by atoms with Gasteiger partial charge in [0.2, 0.25) is 0 Å². The Morgan fingerprint density at radius 3 is 2.79 bits per heavy atom. The van der Waals surface area contributed by atoms with E-state index >= 15 is 0 Å². The smallest absolute Gasteiger partial charge is 0.0594 e. The molecule has 3 aromatic rings. The third-order valence-electron chi connectivity index (χ3n) is 4.61. The summed E-state index contributed by atoms with van der Waals surface area (Å²) < 4.78 is 7.60. The van der Waals surface area contributed by atoms with E-state index in [1.54, 1.807) is 0 Å². The Morgan fingerprint density at radius 1 is 1.12 bits per heavy atom. The fraction of sp³-hybridized carbons (Fsp3) is 0.316. The third kappa shape index (κ3) is 3.05. The Bertz CT molecular complexity index is 868. The predicted octanol–water partition coefficient (Wildman–Crippen LogP) is 3.73. The van der Waals surface area contributed by atoms with Crippen LogP contribution in [0.5, 0.6) is 0 Å². The molecule has 24 heavy (non-hydrogen) atoms. The lowest BCUT2D eigenvalue weighted by molar-refractivity contribution is 0.0341. The largest absolute Gasteiger partial charge is 0.379 e. The molecule has 1 saturated heterocycles. The summed E-state index contributed by atoms with van der Waals surface area (Å²) in [5.74, 6) is 0. The number of ether oxygens (including phenoxy) is 1. The molecule has 0 spiro atoms. The molecule has 0 radical (unpaired) electrons. The van der Waals surface area contributed by atoms with Crippen molar-refractivity contribution in [3.8, 4) is 11.3 Å². The number of pyridine rings is 1. The molecule has 0 aliphatic carbocycles. The lowest BCUT2D eigenvalue weighted by atomic mass is 10.1. The van der Waals surface area contributed by atoms with Crippen molar-refractivity contribution in [2.75, 3.05) is 26.3 Å². The zero-order chi connectivity index (χ0) is 16.5. The summed E-state index contributed by atoms with van der Waals surface area (Å²) in [6.07, 6.45) is 3.89. The highest BCUT2D eigenvalue weighted by atomic mass is 35.5. The SMILES string of the molecule is Cn1c(-c2cncc(CN3CCOCC3)c2)cc2ccc(Cl)cc21. The Labute approximate surface area is 146 Å².